The second-order valence-corrected chi connectivity index (χ2v) is 26.6. The van der Waals surface area contributed by atoms with Crippen LogP contribution in [-0.2, 0) is 42.7 Å². The van der Waals surface area contributed by atoms with Gasteiger partial charge in [-0.2, -0.15) is 0 Å². The molecule has 4 saturated heterocycles. The summed E-state index contributed by atoms with van der Waals surface area (Å²) in [6.45, 7) is 52.8. The maximum Gasteiger partial charge on any atom is 0.163 e. The van der Waals surface area contributed by atoms with Gasteiger partial charge in [-0.3, -0.25) is 0 Å². The molecule has 4 rings (SSSR count). The Labute approximate surface area is 485 Å². The Morgan fingerprint density at radius 2 is 0.662 bits per heavy atom. The molecule has 80 heavy (non-hydrogen) atoms. The molecule has 0 aromatic rings. The Balaban J connectivity index is 0.000000533. The fraction of sp³-hybridized carbons (Fsp3) is 0.833. The third kappa shape index (κ3) is 25.1. The number of halogens is 4. The van der Waals surface area contributed by atoms with E-state index in [1.54, 1.807) is 51.2 Å². The number of aliphatic hydroxyl groups is 1. The van der Waals surface area contributed by atoms with Crippen molar-refractivity contribution in [1.82, 2.24) is 0 Å². The highest BCUT2D eigenvalue weighted by molar-refractivity contribution is 5.50. The van der Waals surface area contributed by atoms with Crippen LogP contribution >= 0.6 is 0 Å². The predicted molar refractivity (Wildman–Crippen MR) is 317 cm³/mol. The summed E-state index contributed by atoms with van der Waals surface area (Å²) >= 11 is 0. The molecule has 0 bridgehead atoms. The summed E-state index contributed by atoms with van der Waals surface area (Å²) < 4.78 is 104. The summed E-state index contributed by atoms with van der Waals surface area (Å²) in [5.41, 5.74) is 0. The Morgan fingerprint density at radius 3 is 0.887 bits per heavy atom. The van der Waals surface area contributed by atoms with E-state index < -0.39 is 35.2 Å². The Bertz CT molecular complexity index is 1810. The molecule has 4 fully saturated rings. The van der Waals surface area contributed by atoms with E-state index in [1.807, 2.05) is 83.1 Å². The van der Waals surface area contributed by atoms with Crippen molar-refractivity contribution in [3.05, 3.63) is 60.3 Å². The molecule has 0 radical (unpaired) electrons. The van der Waals surface area contributed by atoms with Gasteiger partial charge in [-0.05, 0) is 146 Å². The smallest absolute Gasteiger partial charge is 0.163 e. The molecular formula is C66H116F4O10. The van der Waals surface area contributed by atoms with Crippen molar-refractivity contribution in [2.45, 2.75) is 277 Å². The van der Waals surface area contributed by atoms with Crippen LogP contribution in [0.1, 0.15) is 205 Å². The summed E-state index contributed by atoms with van der Waals surface area (Å²) in [5, 5.41) is 9.11. The minimum atomic E-state index is -0.767. The van der Waals surface area contributed by atoms with Gasteiger partial charge in [-0.15, -0.1) is 6.58 Å². The van der Waals surface area contributed by atoms with E-state index in [0.29, 0.717) is 36.5 Å². The fourth-order valence-electron chi connectivity index (χ4n) is 9.64. The Kier molecular flexibility index (Phi) is 32.2. The maximum absolute atomic E-state index is 14.5. The van der Waals surface area contributed by atoms with Gasteiger partial charge in [0, 0.05) is 36.7 Å². The van der Waals surface area contributed by atoms with E-state index in [0.717, 1.165) is 19.1 Å². The first-order chi connectivity index (χ1) is 36.7. The lowest BCUT2D eigenvalue weighted by Gasteiger charge is -2.23. The van der Waals surface area contributed by atoms with Crippen molar-refractivity contribution in [3.63, 3.8) is 0 Å². The van der Waals surface area contributed by atoms with Crippen LogP contribution in [0.25, 0.3) is 0 Å². The number of aliphatic hydroxyl groups excluding tert-OH is 1. The van der Waals surface area contributed by atoms with Crippen LogP contribution in [-0.4, -0.2) is 90.0 Å². The predicted octanol–water partition coefficient (Wildman–Crippen LogP) is 17.5. The van der Waals surface area contributed by atoms with Crippen molar-refractivity contribution in [2.75, 3.05) is 6.61 Å². The molecule has 1 N–H and O–H groups in total. The second kappa shape index (κ2) is 34.0. The number of aldehydes is 1. The molecule has 0 amide bonds. The van der Waals surface area contributed by atoms with Crippen LogP contribution in [0.5, 0.6) is 0 Å². The van der Waals surface area contributed by atoms with E-state index in [-0.39, 0.29) is 120 Å². The van der Waals surface area contributed by atoms with Crippen LogP contribution in [0.2, 0.25) is 0 Å². The zero-order chi connectivity index (χ0) is 62.0. The van der Waals surface area contributed by atoms with Gasteiger partial charge in [0.05, 0.1) is 48.8 Å². The SMILES string of the molecule is C=CC[C@@H]1OC(C)(C)O[C@@H]1[C@H](C)/C(F)=C\[C@@H](C)C(C)C.CC(C)[C@H](C)/C=C(/F)[C@@H](C)[C@H]1OC(C)(C)O[C@H]1CC=O.CC(C)[C@H](C)/C=C(/F)[C@@H](C)[C@H]1OC(C)(C)O[C@H]1CCO.CCC[C@@H]1OC(C)(C)O[C@@H]1[C@H](C)/C(F)=C\[C@@H](C)C(C)C. The van der Waals surface area contributed by atoms with E-state index in [1.165, 1.54) is 0 Å². The van der Waals surface area contributed by atoms with E-state index in [2.05, 4.69) is 75.8 Å². The van der Waals surface area contributed by atoms with Gasteiger partial charge in [0.15, 0.2) is 23.1 Å². The number of ether oxygens (including phenoxy) is 8. The first kappa shape index (κ1) is 75.7. The zero-order valence-electron chi connectivity index (χ0n) is 54.6. The molecule has 468 valence electrons. The highest BCUT2D eigenvalue weighted by Crippen LogP contribution is 2.41. The number of carbonyl (C=O) groups is 1. The number of allylic oxidation sites excluding steroid dienone is 4. The van der Waals surface area contributed by atoms with E-state index in [4.69, 9.17) is 43.0 Å². The van der Waals surface area contributed by atoms with Gasteiger partial charge in [0.25, 0.3) is 0 Å². The molecule has 0 spiro atoms. The average Bonchev–Trinajstić information content (AvgIpc) is 4.04. The first-order valence-electron chi connectivity index (χ1n) is 30.3. The lowest BCUT2D eigenvalue weighted by molar-refractivity contribution is -0.150. The summed E-state index contributed by atoms with van der Waals surface area (Å²) in [4.78, 5) is 10.7. The Hall–Kier alpha value is -2.27. The molecular weight excluding hydrogens is 1030 g/mol. The average molecular weight is 1150 g/mol. The van der Waals surface area contributed by atoms with Crippen LogP contribution in [0.15, 0.2) is 60.3 Å². The highest BCUT2D eigenvalue weighted by Gasteiger charge is 2.48. The van der Waals surface area contributed by atoms with Crippen LogP contribution in [0, 0.1) is 71.0 Å². The van der Waals surface area contributed by atoms with Crippen molar-refractivity contribution < 1.29 is 65.4 Å². The molecule has 4 aliphatic heterocycles. The maximum atomic E-state index is 14.5. The molecule has 4 heterocycles. The minimum absolute atomic E-state index is 0.0149. The Morgan fingerprint density at radius 1 is 0.425 bits per heavy atom. The van der Waals surface area contributed by atoms with Gasteiger partial charge in [-0.1, -0.05) is 130 Å². The van der Waals surface area contributed by atoms with Gasteiger partial charge in [0.2, 0.25) is 0 Å². The van der Waals surface area contributed by atoms with Gasteiger partial charge < -0.3 is 47.8 Å². The van der Waals surface area contributed by atoms with Gasteiger partial charge in [0.1, 0.15) is 29.6 Å². The summed E-state index contributed by atoms with van der Waals surface area (Å²) in [6, 6.07) is 0. The summed E-state index contributed by atoms with van der Waals surface area (Å²) in [6.07, 6.45) is 10.6. The largest absolute Gasteiger partial charge is 0.396 e. The third-order valence-electron chi connectivity index (χ3n) is 16.2. The fourth-order valence-corrected chi connectivity index (χ4v) is 9.64. The van der Waals surface area contributed by atoms with E-state index in [9.17, 15) is 22.4 Å². The van der Waals surface area contributed by atoms with Gasteiger partial charge >= 0.3 is 0 Å². The molecule has 10 nitrogen and oxygen atoms in total. The molecule has 0 unspecified atom stereocenters. The van der Waals surface area contributed by atoms with Crippen molar-refractivity contribution >= 4 is 6.29 Å². The number of rotatable bonds is 24. The van der Waals surface area contributed by atoms with Crippen molar-refractivity contribution in [3.8, 4) is 0 Å². The van der Waals surface area contributed by atoms with Crippen LogP contribution in [0.3, 0.4) is 0 Å². The van der Waals surface area contributed by atoms with Crippen LogP contribution in [0.4, 0.5) is 17.6 Å². The highest BCUT2D eigenvalue weighted by atomic mass is 19.1. The first-order valence-corrected chi connectivity index (χ1v) is 30.3. The normalized spacial score (nSPS) is 29.6. The quantitative estimate of drug-likeness (QED) is 0.0570. The van der Waals surface area contributed by atoms with Crippen molar-refractivity contribution in [2.24, 2.45) is 71.0 Å². The lowest BCUT2D eigenvalue weighted by Crippen LogP contribution is -2.31. The summed E-state index contributed by atoms with van der Waals surface area (Å²) in [7, 11) is 0. The van der Waals surface area contributed by atoms with Crippen molar-refractivity contribution in [1.29, 1.82) is 0 Å². The number of hydrogen-bond donors (Lipinski definition) is 1. The molecule has 14 heteroatoms. The standard InChI is InChI=1S/C17H31FO2.C17H29FO2.C16H29FO3.C16H27FO3/c2*1-8-9-15-16(20-17(6,7)19-15)13(5)14(18)10-12(4)11(2)3;2*1-10(2)11(3)9-13(17)12(4)15-14(7-8-18)19-16(5,6)20-15/h10-13,15-16H,8-9H2,1-7H3;8,10-13,15-16H,1,9H2,2-7H3;9-12,14-15,18H,7-8H2,1-6H3;8-12,14-15H,7H2,1-6H3/b2*14-10+;2*13-9+/t2*12-,13-,15+,16-;2*11-,12-,14+,15-/m1111/s1. The zero-order valence-corrected chi connectivity index (χ0v) is 54.6. The number of hydrogen-bond acceptors (Lipinski definition) is 10. The van der Waals surface area contributed by atoms with Gasteiger partial charge in [-0.25, -0.2) is 17.6 Å². The molecule has 0 aromatic carbocycles. The second-order valence-electron chi connectivity index (χ2n) is 26.6. The van der Waals surface area contributed by atoms with E-state index >= 15 is 0 Å². The molecule has 16 atom stereocenters. The molecule has 0 aliphatic carbocycles. The lowest BCUT2D eigenvalue weighted by atomic mass is 9.91. The monoisotopic (exact) mass is 1140 g/mol. The minimum Gasteiger partial charge on any atom is -0.396 e. The topological polar surface area (TPSA) is 111 Å². The third-order valence-corrected chi connectivity index (χ3v) is 16.2. The molecule has 0 aromatic heterocycles. The molecule has 0 saturated carbocycles. The number of carbonyl (C=O) groups excluding carboxylic acids is 1. The molecule has 4 aliphatic rings. The summed E-state index contributed by atoms with van der Waals surface area (Å²) in [5.74, 6) is -2.16. The van der Waals surface area contributed by atoms with Crippen LogP contribution < -0.4 is 0 Å².